The maximum Gasteiger partial charge on any atom is 0.0438 e. The molecular formula is C14H22ClNS. The molecule has 1 aromatic carbocycles. The van der Waals surface area contributed by atoms with Crippen molar-refractivity contribution in [3.63, 3.8) is 0 Å². The molecule has 0 fully saturated rings. The highest BCUT2D eigenvalue weighted by Crippen LogP contribution is 2.18. The van der Waals surface area contributed by atoms with Crippen LogP contribution in [0.5, 0.6) is 0 Å². The molecule has 0 radical (unpaired) electrons. The van der Waals surface area contributed by atoms with Gasteiger partial charge in [0.15, 0.2) is 0 Å². The average molecular weight is 272 g/mol. The number of benzene rings is 1. The van der Waals surface area contributed by atoms with Gasteiger partial charge in [0.2, 0.25) is 0 Å². The van der Waals surface area contributed by atoms with E-state index in [-0.39, 0.29) is 0 Å². The SMILES string of the molecule is CNC(CSCC(C)C)Cc1ccccc1Cl. The van der Waals surface area contributed by atoms with Gasteiger partial charge in [0, 0.05) is 16.8 Å². The van der Waals surface area contributed by atoms with Crippen LogP contribution in [0.4, 0.5) is 0 Å². The Labute approximate surface area is 114 Å². The molecular weight excluding hydrogens is 250 g/mol. The number of likely N-dealkylation sites (N-methyl/N-ethyl adjacent to an activating group) is 1. The molecule has 96 valence electrons. The molecule has 1 unspecified atom stereocenters. The first-order chi connectivity index (χ1) is 8.13. The molecule has 1 atom stereocenters. The lowest BCUT2D eigenvalue weighted by Crippen LogP contribution is -2.30. The number of hydrogen-bond acceptors (Lipinski definition) is 2. The van der Waals surface area contributed by atoms with E-state index in [1.54, 1.807) is 0 Å². The molecule has 0 amide bonds. The first kappa shape index (κ1) is 14.9. The van der Waals surface area contributed by atoms with Crippen molar-refractivity contribution < 1.29 is 0 Å². The van der Waals surface area contributed by atoms with Gasteiger partial charge in [-0.3, -0.25) is 0 Å². The van der Waals surface area contributed by atoms with Crippen molar-refractivity contribution in [1.29, 1.82) is 0 Å². The van der Waals surface area contributed by atoms with Crippen molar-refractivity contribution >= 4 is 23.4 Å². The summed E-state index contributed by atoms with van der Waals surface area (Å²) >= 11 is 8.19. The number of hydrogen-bond donors (Lipinski definition) is 1. The van der Waals surface area contributed by atoms with Crippen LogP contribution in [0.15, 0.2) is 24.3 Å². The summed E-state index contributed by atoms with van der Waals surface area (Å²) < 4.78 is 0. The minimum absolute atomic E-state index is 0.499. The van der Waals surface area contributed by atoms with E-state index in [4.69, 9.17) is 11.6 Å². The summed E-state index contributed by atoms with van der Waals surface area (Å²) in [4.78, 5) is 0. The highest BCUT2D eigenvalue weighted by atomic mass is 35.5. The van der Waals surface area contributed by atoms with Crippen LogP contribution >= 0.6 is 23.4 Å². The molecule has 0 heterocycles. The third-order valence-electron chi connectivity index (χ3n) is 2.60. The Morgan fingerprint density at radius 3 is 2.53 bits per heavy atom. The quantitative estimate of drug-likeness (QED) is 0.808. The lowest BCUT2D eigenvalue weighted by Gasteiger charge is -2.17. The zero-order chi connectivity index (χ0) is 12.7. The molecule has 3 heteroatoms. The van der Waals surface area contributed by atoms with Gasteiger partial charge in [-0.2, -0.15) is 11.8 Å². The molecule has 0 bridgehead atoms. The molecule has 0 aliphatic heterocycles. The van der Waals surface area contributed by atoms with E-state index in [2.05, 4.69) is 31.3 Å². The van der Waals surface area contributed by atoms with Gasteiger partial charge >= 0.3 is 0 Å². The number of nitrogens with one attached hydrogen (secondary N) is 1. The molecule has 0 aromatic heterocycles. The van der Waals surface area contributed by atoms with Gasteiger partial charge in [0.05, 0.1) is 0 Å². The van der Waals surface area contributed by atoms with Crippen molar-refractivity contribution in [3.05, 3.63) is 34.9 Å². The summed E-state index contributed by atoms with van der Waals surface area (Å²) in [5.41, 5.74) is 1.23. The van der Waals surface area contributed by atoms with E-state index in [0.717, 1.165) is 23.1 Å². The molecule has 17 heavy (non-hydrogen) atoms. The van der Waals surface area contributed by atoms with E-state index >= 15 is 0 Å². The summed E-state index contributed by atoms with van der Waals surface area (Å²) in [6, 6.07) is 8.60. The van der Waals surface area contributed by atoms with Gasteiger partial charge in [-0.25, -0.2) is 0 Å². The van der Waals surface area contributed by atoms with E-state index in [9.17, 15) is 0 Å². The lowest BCUT2D eigenvalue weighted by atomic mass is 10.1. The Morgan fingerprint density at radius 1 is 1.24 bits per heavy atom. The fraction of sp³-hybridized carbons (Fsp3) is 0.571. The highest BCUT2D eigenvalue weighted by molar-refractivity contribution is 7.99. The highest BCUT2D eigenvalue weighted by Gasteiger charge is 2.09. The Bertz CT molecular complexity index is 328. The van der Waals surface area contributed by atoms with Gasteiger partial charge < -0.3 is 5.32 Å². The second-order valence-electron chi connectivity index (χ2n) is 4.71. The molecule has 1 N–H and O–H groups in total. The molecule has 0 aliphatic carbocycles. The Balaban J connectivity index is 2.44. The minimum atomic E-state index is 0.499. The molecule has 0 saturated heterocycles. The fourth-order valence-corrected chi connectivity index (χ4v) is 3.01. The monoisotopic (exact) mass is 271 g/mol. The second kappa shape index (κ2) is 8.02. The lowest BCUT2D eigenvalue weighted by molar-refractivity contribution is 0.616. The molecule has 0 spiro atoms. The summed E-state index contributed by atoms with van der Waals surface area (Å²) in [7, 11) is 2.03. The number of rotatable bonds is 7. The summed E-state index contributed by atoms with van der Waals surface area (Å²) in [6.07, 6.45) is 1.00. The van der Waals surface area contributed by atoms with Crippen LogP contribution in [0.25, 0.3) is 0 Å². The normalized spacial score (nSPS) is 13.0. The first-order valence-corrected chi connectivity index (χ1v) is 7.65. The minimum Gasteiger partial charge on any atom is -0.316 e. The van der Waals surface area contributed by atoms with Crippen molar-refractivity contribution in [2.24, 2.45) is 5.92 Å². The summed E-state index contributed by atoms with van der Waals surface area (Å²) in [6.45, 7) is 4.52. The first-order valence-electron chi connectivity index (χ1n) is 6.12. The fourth-order valence-electron chi connectivity index (χ4n) is 1.62. The summed E-state index contributed by atoms with van der Waals surface area (Å²) in [5.74, 6) is 3.12. The number of halogens is 1. The van der Waals surface area contributed by atoms with Crippen LogP contribution in [0.2, 0.25) is 5.02 Å². The predicted octanol–water partition coefficient (Wildman–Crippen LogP) is 3.86. The zero-order valence-corrected chi connectivity index (χ0v) is 12.4. The van der Waals surface area contributed by atoms with E-state index < -0.39 is 0 Å². The van der Waals surface area contributed by atoms with Crippen molar-refractivity contribution in [3.8, 4) is 0 Å². The van der Waals surface area contributed by atoms with Crippen molar-refractivity contribution in [2.45, 2.75) is 26.3 Å². The second-order valence-corrected chi connectivity index (χ2v) is 6.19. The van der Waals surface area contributed by atoms with Gasteiger partial charge in [0.1, 0.15) is 0 Å². The third kappa shape index (κ3) is 5.80. The van der Waals surface area contributed by atoms with Gasteiger partial charge in [0.25, 0.3) is 0 Å². The maximum atomic E-state index is 6.18. The van der Waals surface area contributed by atoms with Crippen molar-refractivity contribution in [2.75, 3.05) is 18.6 Å². The van der Waals surface area contributed by atoms with E-state index in [1.165, 1.54) is 11.3 Å². The van der Waals surface area contributed by atoms with Crippen molar-refractivity contribution in [1.82, 2.24) is 5.32 Å². The number of thioether (sulfide) groups is 1. The molecule has 0 saturated carbocycles. The maximum absolute atomic E-state index is 6.18. The zero-order valence-electron chi connectivity index (χ0n) is 10.9. The Kier molecular flexibility index (Phi) is 7.02. The largest absolute Gasteiger partial charge is 0.316 e. The van der Waals surface area contributed by atoms with Crippen LogP contribution in [0, 0.1) is 5.92 Å². The van der Waals surface area contributed by atoms with Crippen LogP contribution in [-0.4, -0.2) is 24.6 Å². The van der Waals surface area contributed by atoms with Crippen LogP contribution in [0.1, 0.15) is 19.4 Å². The van der Waals surface area contributed by atoms with Gasteiger partial charge in [-0.05, 0) is 36.8 Å². The van der Waals surface area contributed by atoms with Crippen LogP contribution in [-0.2, 0) is 6.42 Å². The van der Waals surface area contributed by atoms with Gasteiger partial charge in [-0.1, -0.05) is 43.6 Å². The average Bonchev–Trinajstić information content (AvgIpc) is 2.30. The molecule has 1 nitrogen and oxygen atoms in total. The van der Waals surface area contributed by atoms with Gasteiger partial charge in [-0.15, -0.1) is 0 Å². The molecule has 1 rings (SSSR count). The van der Waals surface area contributed by atoms with Crippen LogP contribution in [0.3, 0.4) is 0 Å². The van der Waals surface area contributed by atoms with Crippen LogP contribution < -0.4 is 5.32 Å². The Hall–Kier alpha value is -0.180. The smallest absolute Gasteiger partial charge is 0.0438 e. The Morgan fingerprint density at radius 2 is 1.94 bits per heavy atom. The van der Waals surface area contributed by atoms with E-state index in [1.807, 2.05) is 30.9 Å². The topological polar surface area (TPSA) is 12.0 Å². The predicted molar refractivity (Wildman–Crippen MR) is 80.2 cm³/mol. The summed E-state index contributed by atoms with van der Waals surface area (Å²) in [5, 5.41) is 4.25. The molecule has 1 aromatic rings. The standard InChI is InChI=1S/C14H22ClNS/c1-11(2)9-17-10-13(16-3)8-12-6-4-5-7-14(12)15/h4-7,11,13,16H,8-10H2,1-3H3. The molecule has 0 aliphatic rings. The third-order valence-corrected chi connectivity index (χ3v) is 4.51. The van der Waals surface area contributed by atoms with E-state index in [0.29, 0.717) is 6.04 Å².